The number of pyridine rings is 1. The molecule has 0 aliphatic heterocycles. The molecule has 6 nitrogen and oxygen atoms in total. The second kappa shape index (κ2) is 8.05. The Morgan fingerprint density at radius 3 is 2.75 bits per heavy atom. The summed E-state index contributed by atoms with van der Waals surface area (Å²) in [7, 11) is 0. The Morgan fingerprint density at radius 1 is 1.29 bits per heavy atom. The van der Waals surface area contributed by atoms with Crippen LogP contribution in [0.4, 0.5) is 13.2 Å². The number of nitrogens with zero attached hydrogens (tertiary/aromatic N) is 3. The molecule has 0 aliphatic carbocycles. The third kappa shape index (κ3) is 4.92. The lowest BCUT2D eigenvalue weighted by Gasteiger charge is -2.15. The van der Waals surface area contributed by atoms with Crippen LogP contribution in [0.5, 0.6) is 5.88 Å². The zero-order chi connectivity index (χ0) is 20.3. The molecule has 0 fully saturated rings. The highest BCUT2D eigenvalue weighted by atomic mass is 35.5. The molecule has 28 heavy (non-hydrogen) atoms. The number of halogens is 4. The van der Waals surface area contributed by atoms with E-state index in [1.54, 1.807) is 35.8 Å². The van der Waals surface area contributed by atoms with E-state index >= 15 is 0 Å². The first-order valence-electron chi connectivity index (χ1n) is 8.27. The molecule has 1 atom stereocenters. The number of rotatable bonds is 6. The van der Waals surface area contributed by atoms with Gasteiger partial charge in [0.2, 0.25) is 11.8 Å². The summed E-state index contributed by atoms with van der Waals surface area (Å²) in [5.41, 5.74) is 1.98. The average molecular weight is 413 g/mol. The highest BCUT2D eigenvalue weighted by Crippen LogP contribution is 2.22. The third-order valence-corrected chi connectivity index (χ3v) is 4.23. The average Bonchev–Trinajstić information content (AvgIpc) is 3.04. The van der Waals surface area contributed by atoms with Crippen LogP contribution in [0.2, 0.25) is 5.02 Å². The number of nitrogens with one attached hydrogen (secondary N) is 1. The summed E-state index contributed by atoms with van der Waals surface area (Å²) in [6.07, 6.45) is -1.53. The van der Waals surface area contributed by atoms with E-state index in [0.717, 1.165) is 0 Å². The van der Waals surface area contributed by atoms with Gasteiger partial charge in [-0.3, -0.25) is 4.79 Å². The zero-order valence-electron chi connectivity index (χ0n) is 14.7. The number of fused-ring (bicyclic) bond motifs is 1. The minimum Gasteiger partial charge on any atom is -0.468 e. The monoisotopic (exact) mass is 412 g/mol. The number of alkyl halides is 3. The molecule has 1 amide bonds. The van der Waals surface area contributed by atoms with Gasteiger partial charge in [0.15, 0.2) is 6.61 Å². The normalized spacial score (nSPS) is 12.8. The quantitative estimate of drug-likeness (QED) is 0.666. The van der Waals surface area contributed by atoms with Crippen molar-refractivity contribution in [1.29, 1.82) is 0 Å². The van der Waals surface area contributed by atoms with E-state index in [-0.39, 0.29) is 18.3 Å². The predicted molar refractivity (Wildman–Crippen MR) is 97.1 cm³/mol. The van der Waals surface area contributed by atoms with Crippen molar-refractivity contribution in [2.45, 2.75) is 25.7 Å². The summed E-state index contributed by atoms with van der Waals surface area (Å²) in [6.45, 7) is 0.349. The van der Waals surface area contributed by atoms with E-state index in [4.69, 9.17) is 11.6 Å². The molecule has 1 unspecified atom stereocenters. The second-order valence-electron chi connectivity index (χ2n) is 6.10. The number of imidazole rings is 1. The van der Waals surface area contributed by atoms with Gasteiger partial charge in [0.25, 0.3) is 0 Å². The standard InChI is InChI=1S/C18H16ClF3N4O2/c1-11(12-5-6-16(23-7-12)28-9-18(20,21)22)25-15(27)8-26-10-24-14-4-2-3-13(19)17(14)26/h2-7,10-11H,8-9H2,1H3,(H,25,27). The maximum Gasteiger partial charge on any atom is 0.422 e. The van der Waals surface area contributed by atoms with Gasteiger partial charge in [-0.1, -0.05) is 23.7 Å². The molecule has 148 valence electrons. The molecule has 1 aromatic carbocycles. The Labute approximate surface area is 163 Å². The summed E-state index contributed by atoms with van der Waals surface area (Å²) >= 11 is 6.17. The Kier molecular flexibility index (Phi) is 5.73. The van der Waals surface area contributed by atoms with Crippen molar-refractivity contribution >= 4 is 28.5 Å². The summed E-state index contributed by atoms with van der Waals surface area (Å²) in [4.78, 5) is 20.4. The largest absolute Gasteiger partial charge is 0.468 e. The van der Waals surface area contributed by atoms with Crippen molar-refractivity contribution in [2.24, 2.45) is 0 Å². The van der Waals surface area contributed by atoms with Crippen molar-refractivity contribution in [3.8, 4) is 5.88 Å². The molecular weight excluding hydrogens is 397 g/mol. The lowest BCUT2D eigenvalue weighted by atomic mass is 10.1. The number of carbonyl (C=O) groups excluding carboxylic acids is 1. The first kappa shape index (κ1) is 19.9. The van der Waals surface area contributed by atoms with Crippen LogP contribution in [0.25, 0.3) is 11.0 Å². The third-order valence-electron chi connectivity index (χ3n) is 3.92. The summed E-state index contributed by atoms with van der Waals surface area (Å²) in [5.74, 6) is -0.414. The van der Waals surface area contributed by atoms with E-state index in [2.05, 4.69) is 20.0 Å². The van der Waals surface area contributed by atoms with E-state index in [9.17, 15) is 18.0 Å². The number of hydrogen-bond donors (Lipinski definition) is 1. The van der Waals surface area contributed by atoms with Crippen molar-refractivity contribution in [1.82, 2.24) is 19.9 Å². The van der Waals surface area contributed by atoms with Gasteiger partial charge < -0.3 is 14.6 Å². The van der Waals surface area contributed by atoms with Crippen molar-refractivity contribution in [3.05, 3.63) is 53.4 Å². The highest BCUT2D eigenvalue weighted by Gasteiger charge is 2.28. The van der Waals surface area contributed by atoms with Crippen LogP contribution < -0.4 is 10.1 Å². The lowest BCUT2D eigenvalue weighted by Crippen LogP contribution is -2.30. The van der Waals surface area contributed by atoms with Crippen LogP contribution >= 0.6 is 11.6 Å². The molecule has 2 aromatic heterocycles. The van der Waals surface area contributed by atoms with Crippen LogP contribution in [0.15, 0.2) is 42.9 Å². The smallest absolute Gasteiger partial charge is 0.422 e. The molecule has 1 N–H and O–H groups in total. The van der Waals surface area contributed by atoms with Gasteiger partial charge in [-0.25, -0.2) is 9.97 Å². The van der Waals surface area contributed by atoms with Crippen molar-refractivity contribution < 1.29 is 22.7 Å². The topological polar surface area (TPSA) is 69.0 Å². The minimum atomic E-state index is -4.43. The Morgan fingerprint density at radius 2 is 2.07 bits per heavy atom. The van der Waals surface area contributed by atoms with Gasteiger partial charge >= 0.3 is 6.18 Å². The van der Waals surface area contributed by atoms with E-state index in [1.807, 2.05) is 0 Å². The molecule has 2 heterocycles. The van der Waals surface area contributed by atoms with E-state index in [1.165, 1.54) is 18.6 Å². The van der Waals surface area contributed by atoms with E-state index in [0.29, 0.717) is 21.6 Å². The van der Waals surface area contributed by atoms with Crippen LogP contribution in [0, 0.1) is 0 Å². The Hall–Kier alpha value is -2.81. The molecule has 0 saturated carbocycles. The summed E-state index contributed by atoms with van der Waals surface area (Å²) in [5, 5.41) is 3.30. The summed E-state index contributed by atoms with van der Waals surface area (Å²) in [6, 6.07) is 7.77. The molecule has 0 radical (unpaired) electrons. The predicted octanol–water partition coefficient (Wildman–Crippen LogP) is 3.90. The molecule has 0 saturated heterocycles. The first-order valence-corrected chi connectivity index (χ1v) is 8.65. The van der Waals surface area contributed by atoms with Crippen LogP contribution in [0.1, 0.15) is 18.5 Å². The fourth-order valence-corrected chi connectivity index (χ4v) is 2.89. The van der Waals surface area contributed by atoms with Crippen LogP contribution in [-0.2, 0) is 11.3 Å². The number of aromatic nitrogens is 3. The van der Waals surface area contributed by atoms with Gasteiger partial charge in [-0.15, -0.1) is 0 Å². The molecule has 0 aliphatic rings. The number of amides is 1. The Bertz CT molecular complexity index is 973. The number of para-hydroxylation sites is 1. The van der Waals surface area contributed by atoms with Crippen LogP contribution in [-0.4, -0.2) is 33.2 Å². The SMILES string of the molecule is CC(NC(=O)Cn1cnc2cccc(Cl)c21)c1ccc(OCC(F)(F)F)nc1. The molecule has 3 rings (SSSR count). The number of ether oxygens (including phenoxy) is 1. The lowest BCUT2D eigenvalue weighted by molar-refractivity contribution is -0.154. The molecule has 10 heteroatoms. The maximum atomic E-state index is 12.4. The number of hydrogen-bond acceptors (Lipinski definition) is 4. The van der Waals surface area contributed by atoms with Gasteiger partial charge in [-0.2, -0.15) is 13.2 Å². The van der Waals surface area contributed by atoms with E-state index < -0.39 is 18.8 Å². The zero-order valence-corrected chi connectivity index (χ0v) is 15.5. The summed E-state index contributed by atoms with van der Waals surface area (Å²) < 4.78 is 42.7. The molecule has 3 aromatic rings. The number of benzene rings is 1. The van der Waals surface area contributed by atoms with Gasteiger partial charge in [0, 0.05) is 12.3 Å². The first-order chi connectivity index (χ1) is 13.2. The van der Waals surface area contributed by atoms with Gasteiger partial charge in [0.1, 0.15) is 6.54 Å². The van der Waals surface area contributed by atoms with Crippen LogP contribution in [0.3, 0.4) is 0 Å². The fourth-order valence-electron chi connectivity index (χ4n) is 2.62. The van der Waals surface area contributed by atoms with Crippen molar-refractivity contribution in [3.63, 3.8) is 0 Å². The molecule has 0 spiro atoms. The molecular formula is C18H16ClF3N4O2. The second-order valence-corrected chi connectivity index (χ2v) is 6.51. The molecule has 0 bridgehead atoms. The number of carbonyl (C=O) groups is 1. The maximum absolute atomic E-state index is 12.4. The highest BCUT2D eigenvalue weighted by molar-refractivity contribution is 6.35. The minimum absolute atomic E-state index is 0.0186. The Balaban J connectivity index is 1.61. The van der Waals surface area contributed by atoms with Crippen molar-refractivity contribution in [2.75, 3.05) is 6.61 Å². The van der Waals surface area contributed by atoms with Gasteiger partial charge in [-0.05, 0) is 24.6 Å². The fraction of sp³-hybridized carbons (Fsp3) is 0.278. The van der Waals surface area contributed by atoms with Gasteiger partial charge in [0.05, 0.1) is 28.4 Å².